The molecule has 5 nitrogen and oxygen atoms in total. The lowest BCUT2D eigenvalue weighted by atomic mass is 10.1. The van der Waals surface area contributed by atoms with E-state index in [-0.39, 0.29) is 11.9 Å². The van der Waals surface area contributed by atoms with E-state index in [1.807, 2.05) is 17.2 Å². The lowest BCUT2D eigenvalue weighted by Gasteiger charge is -2.38. The molecule has 5 heteroatoms. The summed E-state index contributed by atoms with van der Waals surface area (Å²) < 4.78 is 1.80. The molecule has 1 aromatic rings. The van der Waals surface area contributed by atoms with Crippen molar-refractivity contribution < 1.29 is 4.79 Å². The second-order valence-corrected chi connectivity index (χ2v) is 4.59. The average molecular weight is 236 g/mol. The monoisotopic (exact) mass is 236 g/mol. The van der Waals surface area contributed by atoms with Crippen molar-refractivity contribution in [2.45, 2.75) is 38.9 Å². The number of rotatable bonds is 3. The van der Waals surface area contributed by atoms with Gasteiger partial charge >= 0.3 is 0 Å². The lowest BCUT2D eigenvalue weighted by molar-refractivity contribution is -0.135. The zero-order chi connectivity index (χ0) is 12.3. The fourth-order valence-electron chi connectivity index (χ4n) is 2.20. The van der Waals surface area contributed by atoms with Crippen molar-refractivity contribution in [1.82, 2.24) is 20.0 Å². The van der Waals surface area contributed by atoms with E-state index in [1.54, 1.807) is 10.9 Å². The molecule has 0 aliphatic carbocycles. The van der Waals surface area contributed by atoms with Crippen LogP contribution >= 0.6 is 0 Å². The average Bonchev–Trinajstić information content (AvgIpc) is 2.82. The Balaban J connectivity index is 1.86. The van der Waals surface area contributed by atoms with Gasteiger partial charge in [-0.05, 0) is 19.9 Å². The summed E-state index contributed by atoms with van der Waals surface area (Å²) in [4.78, 5) is 14.1. The molecule has 94 valence electrons. The van der Waals surface area contributed by atoms with Crippen LogP contribution in [0.4, 0.5) is 0 Å². The number of amides is 1. The maximum atomic E-state index is 12.1. The normalized spacial score (nSPS) is 24.9. The minimum atomic E-state index is 0.223. The number of carbonyl (C=O) groups is 1. The van der Waals surface area contributed by atoms with E-state index < -0.39 is 0 Å². The van der Waals surface area contributed by atoms with E-state index in [2.05, 4.69) is 24.3 Å². The van der Waals surface area contributed by atoms with Crippen LogP contribution in [0.1, 0.15) is 20.3 Å². The number of hydrogen-bond acceptors (Lipinski definition) is 3. The highest BCUT2D eigenvalue weighted by molar-refractivity contribution is 5.76. The molecule has 1 aromatic heterocycles. The largest absolute Gasteiger partial charge is 0.337 e. The molecule has 0 bridgehead atoms. The first kappa shape index (κ1) is 12.1. The van der Waals surface area contributed by atoms with Crippen LogP contribution in [0.15, 0.2) is 18.5 Å². The van der Waals surface area contributed by atoms with Crippen LogP contribution in [0.3, 0.4) is 0 Å². The highest BCUT2D eigenvalue weighted by atomic mass is 16.2. The first-order valence-electron chi connectivity index (χ1n) is 6.19. The summed E-state index contributed by atoms with van der Waals surface area (Å²) in [5, 5.41) is 7.48. The molecule has 2 unspecified atom stereocenters. The van der Waals surface area contributed by atoms with Crippen molar-refractivity contribution >= 4 is 5.91 Å². The lowest BCUT2D eigenvalue weighted by Crippen LogP contribution is -2.57. The molecular weight excluding hydrogens is 216 g/mol. The van der Waals surface area contributed by atoms with Crippen LogP contribution in [-0.4, -0.2) is 45.8 Å². The van der Waals surface area contributed by atoms with Crippen LogP contribution in [0.2, 0.25) is 0 Å². The van der Waals surface area contributed by atoms with Gasteiger partial charge in [0.25, 0.3) is 0 Å². The Kier molecular flexibility index (Phi) is 3.78. The molecule has 1 aliphatic rings. The van der Waals surface area contributed by atoms with Crippen LogP contribution in [0.25, 0.3) is 0 Å². The van der Waals surface area contributed by atoms with Crippen molar-refractivity contribution in [3.63, 3.8) is 0 Å². The van der Waals surface area contributed by atoms with Crippen molar-refractivity contribution in [2.24, 2.45) is 0 Å². The summed E-state index contributed by atoms with van der Waals surface area (Å²) in [6, 6.07) is 2.52. The molecule has 1 N–H and O–H groups in total. The SMILES string of the molecule is CC1NCCN(C(=O)CCn2cccn2)C1C. The van der Waals surface area contributed by atoms with Crippen LogP contribution in [0, 0.1) is 0 Å². The van der Waals surface area contributed by atoms with Gasteiger partial charge < -0.3 is 10.2 Å². The van der Waals surface area contributed by atoms with E-state index >= 15 is 0 Å². The molecule has 0 radical (unpaired) electrons. The quantitative estimate of drug-likeness (QED) is 0.830. The van der Waals surface area contributed by atoms with Crippen molar-refractivity contribution in [2.75, 3.05) is 13.1 Å². The molecule has 17 heavy (non-hydrogen) atoms. The number of aromatic nitrogens is 2. The fourth-order valence-corrected chi connectivity index (χ4v) is 2.20. The molecule has 2 heterocycles. The Bertz CT molecular complexity index is 363. The summed E-state index contributed by atoms with van der Waals surface area (Å²) in [5.74, 6) is 0.223. The highest BCUT2D eigenvalue weighted by Crippen LogP contribution is 2.10. The van der Waals surface area contributed by atoms with E-state index in [9.17, 15) is 4.79 Å². The number of hydrogen-bond donors (Lipinski definition) is 1. The van der Waals surface area contributed by atoms with Crippen molar-refractivity contribution in [3.8, 4) is 0 Å². The number of nitrogens with one attached hydrogen (secondary N) is 1. The third-order valence-electron chi connectivity index (χ3n) is 3.47. The van der Waals surface area contributed by atoms with Gasteiger partial charge in [-0.2, -0.15) is 5.10 Å². The van der Waals surface area contributed by atoms with Gasteiger partial charge in [0.05, 0.1) is 0 Å². The highest BCUT2D eigenvalue weighted by Gasteiger charge is 2.27. The minimum Gasteiger partial charge on any atom is -0.337 e. The summed E-state index contributed by atoms with van der Waals surface area (Å²) in [5.41, 5.74) is 0. The first-order valence-corrected chi connectivity index (χ1v) is 6.19. The molecule has 0 spiro atoms. The van der Waals surface area contributed by atoms with Gasteiger partial charge in [0.2, 0.25) is 5.91 Å². The maximum Gasteiger partial charge on any atom is 0.224 e. The Labute approximate surface area is 102 Å². The standard InChI is InChI=1S/C12H20N4O/c1-10-11(2)16(9-6-13-10)12(17)4-8-15-7-3-5-14-15/h3,5,7,10-11,13H,4,6,8-9H2,1-2H3. The Morgan fingerprint density at radius 3 is 3.06 bits per heavy atom. The molecular formula is C12H20N4O. The number of aryl methyl sites for hydroxylation is 1. The smallest absolute Gasteiger partial charge is 0.224 e. The molecule has 2 atom stereocenters. The van der Waals surface area contributed by atoms with Gasteiger partial charge in [0, 0.05) is 50.5 Å². The van der Waals surface area contributed by atoms with Gasteiger partial charge in [-0.15, -0.1) is 0 Å². The topological polar surface area (TPSA) is 50.2 Å². The zero-order valence-corrected chi connectivity index (χ0v) is 10.5. The third kappa shape index (κ3) is 2.85. The third-order valence-corrected chi connectivity index (χ3v) is 3.47. The van der Waals surface area contributed by atoms with E-state index in [0.29, 0.717) is 19.0 Å². The van der Waals surface area contributed by atoms with E-state index in [4.69, 9.17) is 0 Å². The Morgan fingerprint density at radius 1 is 1.53 bits per heavy atom. The number of piperazine rings is 1. The summed E-state index contributed by atoms with van der Waals surface area (Å²) in [6.07, 6.45) is 4.15. The van der Waals surface area contributed by atoms with Gasteiger partial charge in [-0.1, -0.05) is 0 Å². The summed E-state index contributed by atoms with van der Waals surface area (Å²) in [7, 11) is 0. The maximum absolute atomic E-state index is 12.1. The molecule has 1 fully saturated rings. The summed E-state index contributed by atoms with van der Waals surface area (Å²) >= 11 is 0. The molecule has 2 rings (SSSR count). The minimum absolute atomic E-state index is 0.223. The molecule has 1 saturated heterocycles. The molecule has 0 saturated carbocycles. The Morgan fingerprint density at radius 2 is 2.35 bits per heavy atom. The molecule has 0 aromatic carbocycles. The zero-order valence-electron chi connectivity index (χ0n) is 10.5. The van der Waals surface area contributed by atoms with Crippen LogP contribution in [0.5, 0.6) is 0 Å². The predicted molar refractivity (Wildman–Crippen MR) is 65.5 cm³/mol. The molecule has 1 aliphatic heterocycles. The fraction of sp³-hybridized carbons (Fsp3) is 0.667. The second kappa shape index (κ2) is 5.31. The van der Waals surface area contributed by atoms with E-state index in [1.165, 1.54) is 0 Å². The van der Waals surface area contributed by atoms with Gasteiger partial charge in [-0.3, -0.25) is 9.48 Å². The molecule has 1 amide bonds. The first-order chi connectivity index (χ1) is 8.18. The predicted octanol–water partition coefficient (Wildman–Crippen LogP) is 0.482. The number of carbonyl (C=O) groups excluding carboxylic acids is 1. The number of nitrogens with zero attached hydrogens (tertiary/aromatic N) is 3. The van der Waals surface area contributed by atoms with Crippen molar-refractivity contribution in [3.05, 3.63) is 18.5 Å². The summed E-state index contributed by atoms with van der Waals surface area (Å²) in [6.45, 7) is 6.58. The second-order valence-electron chi connectivity index (χ2n) is 4.59. The van der Waals surface area contributed by atoms with Crippen LogP contribution in [-0.2, 0) is 11.3 Å². The van der Waals surface area contributed by atoms with Crippen LogP contribution < -0.4 is 5.32 Å². The van der Waals surface area contributed by atoms with Crippen molar-refractivity contribution in [1.29, 1.82) is 0 Å². The Hall–Kier alpha value is -1.36. The van der Waals surface area contributed by atoms with E-state index in [0.717, 1.165) is 13.1 Å². The van der Waals surface area contributed by atoms with Gasteiger partial charge in [0.1, 0.15) is 0 Å². The van der Waals surface area contributed by atoms with Gasteiger partial charge in [-0.25, -0.2) is 0 Å². The van der Waals surface area contributed by atoms with Gasteiger partial charge in [0.15, 0.2) is 0 Å².